The van der Waals surface area contributed by atoms with Gasteiger partial charge in [-0.05, 0) is 19.1 Å². The third kappa shape index (κ3) is 3.55. The van der Waals surface area contributed by atoms with E-state index in [0.29, 0.717) is 0 Å². The predicted molar refractivity (Wildman–Crippen MR) is 68.7 cm³/mol. The minimum Gasteiger partial charge on any atom is -0.490 e. The number of hydrogen-bond donors (Lipinski definition) is 1. The lowest BCUT2D eigenvalue weighted by atomic mass is 9.93. The topological polar surface area (TPSA) is 55.8 Å². The highest BCUT2D eigenvalue weighted by Crippen LogP contribution is 2.40. The molecule has 116 valence electrons. The van der Waals surface area contributed by atoms with Gasteiger partial charge in [0.1, 0.15) is 12.4 Å². The van der Waals surface area contributed by atoms with Gasteiger partial charge in [-0.2, -0.15) is 13.2 Å². The van der Waals surface area contributed by atoms with E-state index < -0.39 is 23.3 Å². The van der Waals surface area contributed by atoms with Crippen LogP contribution in [0.15, 0.2) is 36.9 Å². The first-order valence-electron chi connectivity index (χ1n) is 6.08. The number of ether oxygens (including phenoxy) is 2. The molecule has 0 heterocycles. The Labute approximate surface area is 119 Å². The van der Waals surface area contributed by atoms with Crippen LogP contribution in [0.2, 0.25) is 0 Å². The van der Waals surface area contributed by atoms with E-state index in [9.17, 15) is 23.1 Å². The minimum absolute atomic E-state index is 0.181. The second-order valence-corrected chi connectivity index (χ2v) is 4.05. The second-order valence-electron chi connectivity index (χ2n) is 4.05. The normalized spacial score (nSPS) is 14.1. The third-order valence-electron chi connectivity index (χ3n) is 2.62. The van der Waals surface area contributed by atoms with Gasteiger partial charge in [0.25, 0.3) is 5.60 Å². The lowest BCUT2D eigenvalue weighted by Crippen LogP contribution is -2.50. The number of halogens is 3. The van der Waals surface area contributed by atoms with Crippen molar-refractivity contribution < 1.29 is 32.5 Å². The molecule has 1 N–H and O–H groups in total. The molecule has 21 heavy (non-hydrogen) atoms. The average molecular weight is 304 g/mol. The molecule has 0 aliphatic heterocycles. The first kappa shape index (κ1) is 17.0. The Bertz CT molecular complexity index is 496. The third-order valence-corrected chi connectivity index (χ3v) is 2.62. The fraction of sp³-hybridized carbons (Fsp3) is 0.357. The maximum Gasteiger partial charge on any atom is 0.432 e. The summed E-state index contributed by atoms with van der Waals surface area (Å²) in [6, 6.07) is 4.36. The summed E-state index contributed by atoms with van der Waals surface area (Å²) < 4.78 is 48.7. The highest BCUT2D eigenvalue weighted by Gasteiger charge is 2.62. The smallest absolute Gasteiger partial charge is 0.432 e. The highest BCUT2D eigenvalue weighted by atomic mass is 19.4. The van der Waals surface area contributed by atoms with Gasteiger partial charge in [-0.1, -0.05) is 24.8 Å². The van der Waals surface area contributed by atoms with Crippen molar-refractivity contribution in [1.82, 2.24) is 0 Å². The number of benzene rings is 1. The standard InChI is InChI=1S/C14H15F3O4/c1-3-9-21-11-7-5-10(6-8-11)13(19,14(15,16)17)12(18)20-4-2/h3,5-8,19H,1,4,9H2,2H3/t13-/m0/s1. The molecular weight excluding hydrogens is 289 g/mol. The van der Waals surface area contributed by atoms with Crippen molar-refractivity contribution in [1.29, 1.82) is 0 Å². The summed E-state index contributed by atoms with van der Waals surface area (Å²) in [6.45, 7) is 4.68. The second kappa shape index (κ2) is 6.62. The molecule has 1 aromatic rings. The summed E-state index contributed by atoms with van der Waals surface area (Å²) in [5.41, 5.74) is -4.35. The van der Waals surface area contributed by atoms with Crippen LogP contribution in [0.4, 0.5) is 13.2 Å². The molecule has 0 saturated heterocycles. The number of rotatable bonds is 6. The zero-order valence-electron chi connectivity index (χ0n) is 11.3. The average Bonchev–Trinajstić information content (AvgIpc) is 2.43. The van der Waals surface area contributed by atoms with Crippen LogP contribution in [0, 0.1) is 0 Å². The Hall–Kier alpha value is -2.02. The SMILES string of the molecule is C=CCOc1ccc([C@](O)(C(=O)OCC)C(F)(F)F)cc1. The van der Waals surface area contributed by atoms with E-state index in [1.807, 2.05) is 0 Å². The van der Waals surface area contributed by atoms with Gasteiger partial charge < -0.3 is 14.6 Å². The van der Waals surface area contributed by atoms with E-state index in [1.54, 1.807) is 0 Å². The molecule has 0 amide bonds. The van der Waals surface area contributed by atoms with E-state index in [1.165, 1.54) is 25.1 Å². The molecule has 0 spiro atoms. The molecule has 1 atom stereocenters. The fourth-order valence-corrected chi connectivity index (χ4v) is 1.58. The highest BCUT2D eigenvalue weighted by molar-refractivity contribution is 5.82. The molecule has 0 fully saturated rings. The van der Waals surface area contributed by atoms with Crippen molar-refractivity contribution in [2.75, 3.05) is 13.2 Å². The van der Waals surface area contributed by atoms with Crippen molar-refractivity contribution >= 4 is 5.97 Å². The summed E-state index contributed by atoms with van der Waals surface area (Å²) in [4.78, 5) is 11.5. The Balaban J connectivity index is 3.15. The Kier molecular flexibility index (Phi) is 5.37. The van der Waals surface area contributed by atoms with Gasteiger partial charge in [0, 0.05) is 5.56 Å². The zero-order valence-corrected chi connectivity index (χ0v) is 11.3. The first-order valence-corrected chi connectivity index (χ1v) is 6.08. The van der Waals surface area contributed by atoms with Crippen LogP contribution in [0.3, 0.4) is 0 Å². The van der Waals surface area contributed by atoms with Crippen molar-refractivity contribution in [3.8, 4) is 5.75 Å². The van der Waals surface area contributed by atoms with E-state index in [0.717, 1.165) is 12.1 Å². The van der Waals surface area contributed by atoms with Crippen molar-refractivity contribution in [2.24, 2.45) is 0 Å². The Morgan fingerprint density at radius 1 is 1.33 bits per heavy atom. The van der Waals surface area contributed by atoms with Crippen LogP contribution in [-0.4, -0.2) is 30.5 Å². The Morgan fingerprint density at radius 2 is 1.90 bits per heavy atom. The lowest BCUT2D eigenvalue weighted by molar-refractivity contribution is -0.267. The number of aliphatic hydroxyl groups is 1. The lowest BCUT2D eigenvalue weighted by Gasteiger charge is -2.28. The largest absolute Gasteiger partial charge is 0.490 e. The molecule has 0 bridgehead atoms. The fourth-order valence-electron chi connectivity index (χ4n) is 1.58. The van der Waals surface area contributed by atoms with Gasteiger partial charge in [-0.25, -0.2) is 4.79 Å². The van der Waals surface area contributed by atoms with Crippen LogP contribution in [0.25, 0.3) is 0 Å². The van der Waals surface area contributed by atoms with Crippen LogP contribution in [-0.2, 0) is 15.1 Å². The summed E-state index contributed by atoms with van der Waals surface area (Å²) in [6.07, 6.45) is -3.73. The number of hydrogen-bond acceptors (Lipinski definition) is 4. The number of carbonyl (C=O) groups is 1. The van der Waals surface area contributed by atoms with Crippen molar-refractivity contribution in [2.45, 2.75) is 18.7 Å². The molecule has 0 radical (unpaired) electrons. The van der Waals surface area contributed by atoms with Gasteiger partial charge in [0.2, 0.25) is 0 Å². The van der Waals surface area contributed by atoms with Gasteiger partial charge in [-0.3, -0.25) is 0 Å². The van der Waals surface area contributed by atoms with Crippen molar-refractivity contribution in [3.63, 3.8) is 0 Å². The van der Waals surface area contributed by atoms with Crippen molar-refractivity contribution in [3.05, 3.63) is 42.5 Å². The molecule has 0 aromatic heterocycles. The summed E-state index contributed by atoms with van der Waals surface area (Å²) in [5.74, 6) is -1.48. The van der Waals surface area contributed by atoms with E-state index in [-0.39, 0.29) is 19.0 Å². The summed E-state index contributed by atoms with van der Waals surface area (Å²) >= 11 is 0. The number of alkyl halides is 3. The van der Waals surface area contributed by atoms with E-state index in [2.05, 4.69) is 11.3 Å². The maximum atomic E-state index is 13.1. The molecule has 0 aliphatic rings. The molecule has 1 rings (SSSR count). The molecule has 0 saturated carbocycles. The van der Waals surface area contributed by atoms with Gasteiger partial charge in [-0.15, -0.1) is 0 Å². The molecule has 0 aliphatic carbocycles. The van der Waals surface area contributed by atoms with Gasteiger partial charge in [0.15, 0.2) is 0 Å². The summed E-state index contributed by atoms with van der Waals surface area (Å²) in [5, 5.41) is 9.83. The number of carbonyl (C=O) groups excluding carboxylic acids is 1. The minimum atomic E-state index is -5.21. The zero-order chi connectivity index (χ0) is 16.1. The van der Waals surface area contributed by atoms with E-state index >= 15 is 0 Å². The van der Waals surface area contributed by atoms with E-state index in [4.69, 9.17) is 4.74 Å². The number of esters is 1. The molecule has 7 heteroatoms. The van der Waals surface area contributed by atoms with Crippen LogP contribution in [0.5, 0.6) is 5.75 Å². The molecular formula is C14H15F3O4. The summed E-state index contributed by atoms with van der Waals surface area (Å²) in [7, 11) is 0. The van der Waals surface area contributed by atoms with Crippen LogP contribution < -0.4 is 4.74 Å². The Morgan fingerprint density at radius 3 is 2.33 bits per heavy atom. The quantitative estimate of drug-likeness (QED) is 0.648. The first-order chi connectivity index (χ1) is 9.77. The van der Waals surface area contributed by atoms with Crippen LogP contribution >= 0.6 is 0 Å². The van der Waals surface area contributed by atoms with Gasteiger partial charge in [0.05, 0.1) is 6.61 Å². The maximum absolute atomic E-state index is 13.1. The molecule has 1 aromatic carbocycles. The van der Waals surface area contributed by atoms with Crippen LogP contribution in [0.1, 0.15) is 12.5 Å². The predicted octanol–water partition coefficient (Wildman–Crippen LogP) is 2.56. The monoisotopic (exact) mass is 304 g/mol. The molecule has 4 nitrogen and oxygen atoms in total. The van der Waals surface area contributed by atoms with Gasteiger partial charge >= 0.3 is 12.1 Å². The molecule has 0 unspecified atom stereocenters.